The third kappa shape index (κ3) is 2.42. The summed E-state index contributed by atoms with van der Waals surface area (Å²) in [4.78, 5) is 6.67. The molecule has 4 heteroatoms. The molecule has 0 saturated carbocycles. The van der Waals surface area contributed by atoms with E-state index >= 15 is 0 Å². The zero-order chi connectivity index (χ0) is 11.5. The van der Waals surface area contributed by atoms with Crippen LogP contribution in [-0.2, 0) is 6.54 Å². The standard InChI is InChI=1S/C12H17N3O/c1-9-10(2)16-12(14-9)8-15-5-3-11(7-13)4-6-15/h11H,3-6,8H2,1-2H3. The first-order chi connectivity index (χ1) is 7.69. The molecule has 4 nitrogen and oxygen atoms in total. The molecule has 0 aliphatic carbocycles. The Bertz CT molecular complexity index is 377. The lowest BCUT2D eigenvalue weighted by Gasteiger charge is -2.27. The monoisotopic (exact) mass is 219 g/mol. The quantitative estimate of drug-likeness (QED) is 0.763. The molecule has 2 rings (SSSR count). The summed E-state index contributed by atoms with van der Waals surface area (Å²) in [6.07, 6.45) is 1.93. The number of hydrogen-bond acceptors (Lipinski definition) is 4. The van der Waals surface area contributed by atoms with Gasteiger partial charge in [-0.2, -0.15) is 5.26 Å². The maximum atomic E-state index is 8.81. The molecule has 0 unspecified atom stereocenters. The zero-order valence-corrected chi connectivity index (χ0v) is 9.86. The van der Waals surface area contributed by atoms with Crippen LogP contribution in [0.4, 0.5) is 0 Å². The van der Waals surface area contributed by atoms with Crippen LogP contribution in [0.15, 0.2) is 4.42 Å². The number of nitrogens with zero attached hydrogens (tertiary/aromatic N) is 3. The molecule has 1 aliphatic heterocycles. The van der Waals surface area contributed by atoms with Gasteiger partial charge in [-0.25, -0.2) is 4.98 Å². The summed E-state index contributed by atoms with van der Waals surface area (Å²) in [7, 11) is 0. The molecule has 1 saturated heterocycles. The smallest absolute Gasteiger partial charge is 0.208 e. The van der Waals surface area contributed by atoms with E-state index in [1.54, 1.807) is 0 Å². The summed E-state index contributed by atoms with van der Waals surface area (Å²) in [5.74, 6) is 1.94. The molecule has 1 aliphatic rings. The maximum Gasteiger partial charge on any atom is 0.208 e. The van der Waals surface area contributed by atoms with Crippen molar-refractivity contribution in [3.8, 4) is 6.07 Å². The number of aromatic nitrogens is 1. The highest BCUT2D eigenvalue weighted by molar-refractivity contribution is 5.05. The molecule has 1 fully saturated rings. The van der Waals surface area contributed by atoms with E-state index in [4.69, 9.17) is 9.68 Å². The molecule has 0 bridgehead atoms. The van der Waals surface area contributed by atoms with Gasteiger partial charge in [-0.1, -0.05) is 0 Å². The number of aryl methyl sites for hydroxylation is 2. The van der Waals surface area contributed by atoms with E-state index in [0.717, 1.165) is 49.8 Å². The first-order valence-electron chi connectivity index (χ1n) is 5.74. The Labute approximate surface area is 95.9 Å². The van der Waals surface area contributed by atoms with Gasteiger partial charge in [-0.15, -0.1) is 0 Å². The van der Waals surface area contributed by atoms with Crippen LogP contribution in [0.5, 0.6) is 0 Å². The maximum absolute atomic E-state index is 8.81. The van der Waals surface area contributed by atoms with Gasteiger partial charge < -0.3 is 4.42 Å². The Morgan fingerprint density at radius 2 is 2.12 bits per heavy atom. The summed E-state index contributed by atoms with van der Waals surface area (Å²) in [6, 6.07) is 2.34. The predicted octanol–water partition coefficient (Wildman–Crippen LogP) is 2.03. The van der Waals surface area contributed by atoms with Crippen molar-refractivity contribution in [2.45, 2.75) is 33.2 Å². The first-order valence-corrected chi connectivity index (χ1v) is 5.74. The highest BCUT2D eigenvalue weighted by Gasteiger charge is 2.20. The highest BCUT2D eigenvalue weighted by Crippen LogP contribution is 2.18. The number of oxazole rings is 1. The third-order valence-corrected chi connectivity index (χ3v) is 3.20. The van der Waals surface area contributed by atoms with E-state index < -0.39 is 0 Å². The number of hydrogen-bond donors (Lipinski definition) is 0. The molecular weight excluding hydrogens is 202 g/mol. The predicted molar refractivity (Wildman–Crippen MR) is 59.6 cm³/mol. The van der Waals surface area contributed by atoms with Gasteiger partial charge in [-0.3, -0.25) is 4.90 Å². The van der Waals surface area contributed by atoms with Crippen LogP contribution in [0.3, 0.4) is 0 Å². The second kappa shape index (κ2) is 4.67. The van der Waals surface area contributed by atoms with Gasteiger partial charge in [0.25, 0.3) is 0 Å². The molecule has 86 valence electrons. The van der Waals surface area contributed by atoms with Crippen molar-refractivity contribution in [3.63, 3.8) is 0 Å². The molecule has 0 N–H and O–H groups in total. The number of rotatable bonds is 2. The fourth-order valence-corrected chi connectivity index (χ4v) is 2.02. The second-order valence-electron chi connectivity index (χ2n) is 4.43. The van der Waals surface area contributed by atoms with Crippen molar-refractivity contribution in [2.24, 2.45) is 5.92 Å². The van der Waals surface area contributed by atoms with Crippen LogP contribution in [-0.4, -0.2) is 23.0 Å². The van der Waals surface area contributed by atoms with E-state index in [9.17, 15) is 0 Å². The molecule has 0 radical (unpaired) electrons. The van der Waals surface area contributed by atoms with E-state index in [1.165, 1.54) is 0 Å². The Morgan fingerprint density at radius 3 is 2.62 bits per heavy atom. The molecule has 1 aromatic heterocycles. The molecule has 16 heavy (non-hydrogen) atoms. The van der Waals surface area contributed by atoms with E-state index in [2.05, 4.69) is 16.0 Å². The number of nitriles is 1. The average molecular weight is 219 g/mol. The molecular formula is C12H17N3O. The minimum atomic E-state index is 0.240. The lowest BCUT2D eigenvalue weighted by molar-refractivity contribution is 0.181. The van der Waals surface area contributed by atoms with Crippen molar-refractivity contribution in [1.29, 1.82) is 5.26 Å². The Balaban J connectivity index is 1.90. The van der Waals surface area contributed by atoms with Crippen LogP contribution in [0, 0.1) is 31.1 Å². The van der Waals surface area contributed by atoms with Crippen LogP contribution < -0.4 is 0 Å². The van der Waals surface area contributed by atoms with E-state index in [-0.39, 0.29) is 5.92 Å². The van der Waals surface area contributed by atoms with Gasteiger partial charge >= 0.3 is 0 Å². The minimum absolute atomic E-state index is 0.240. The van der Waals surface area contributed by atoms with Crippen molar-refractivity contribution in [1.82, 2.24) is 9.88 Å². The zero-order valence-electron chi connectivity index (χ0n) is 9.86. The largest absolute Gasteiger partial charge is 0.444 e. The normalized spacial score (nSPS) is 18.6. The molecule has 2 heterocycles. The van der Waals surface area contributed by atoms with Gasteiger partial charge in [0.1, 0.15) is 5.76 Å². The fraction of sp³-hybridized carbons (Fsp3) is 0.667. The number of likely N-dealkylation sites (tertiary alicyclic amines) is 1. The lowest BCUT2D eigenvalue weighted by Crippen LogP contribution is -2.32. The Kier molecular flexibility index (Phi) is 3.25. The fourth-order valence-electron chi connectivity index (χ4n) is 2.02. The van der Waals surface area contributed by atoms with Crippen molar-refractivity contribution >= 4 is 0 Å². The summed E-state index contributed by atoms with van der Waals surface area (Å²) >= 11 is 0. The minimum Gasteiger partial charge on any atom is -0.444 e. The van der Waals surface area contributed by atoms with Gasteiger partial charge in [0, 0.05) is 5.92 Å². The average Bonchev–Trinajstić information content (AvgIpc) is 2.59. The summed E-state index contributed by atoms with van der Waals surface area (Å²) in [5, 5.41) is 8.81. The highest BCUT2D eigenvalue weighted by atomic mass is 16.4. The van der Waals surface area contributed by atoms with Gasteiger partial charge in [0.2, 0.25) is 5.89 Å². The molecule has 0 amide bonds. The van der Waals surface area contributed by atoms with E-state index in [1.807, 2.05) is 13.8 Å². The second-order valence-corrected chi connectivity index (χ2v) is 4.43. The third-order valence-electron chi connectivity index (χ3n) is 3.20. The Hall–Kier alpha value is -1.34. The van der Waals surface area contributed by atoms with E-state index in [0.29, 0.717) is 0 Å². The topological polar surface area (TPSA) is 53.1 Å². The molecule has 1 aromatic rings. The molecule has 0 aromatic carbocycles. The summed E-state index contributed by atoms with van der Waals surface area (Å²) in [5.41, 5.74) is 0.974. The first kappa shape index (κ1) is 11.2. The van der Waals surface area contributed by atoms with Crippen molar-refractivity contribution in [3.05, 3.63) is 17.3 Å². The SMILES string of the molecule is Cc1nc(CN2CCC(C#N)CC2)oc1C. The van der Waals surface area contributed by atoms with Gasteiger partial charge in [0.05, 0.1) is 18.3 Å². The molecule has 0 atom stereocenters. The van der Waals surface area contributed by atoms with Crippen LogP contribution in [0.1, 0.15) is 30.2 Å². The van der Waals surface area contributed by atoms with Crippen LogP contribution in [0.25, 0.3) is 0 Å². The molecule has 0 spiro atoms. The van der Waals surface area contributed by atoms with Crippen LogP contribution >= 0.6 is 0 Å². The number of piperidine rings is 1. The Morgan fingerprint density at radius 1 is 1.44 bits per heavy atom. The van der Waals surface area contributed by atoms with Crippen molar-refractivity contribution < 1.29 is 4.42 Å². The van der Waals surface area contributed by atoms with Gasteiger partial charge in [-0.05, 0) is 39.8 Å². The summed E-state index contributed by atoms with van der Waals surface area (Å²) in [6.45, 7) is 6.61. The lowest BCUT2D eigenvalue weighted by atomic mass is 9.99. The van der Waals surface area contributed by atoms with Crippen molar-refractivity contribution in [2.75, 3.05) is 13.1 Å². The summed E-state index contributed by atoms with van der Waals surface area (Å²) < 4.78 is 5.55. The van der Waals surface area contributed by atoms with Crippen LogP contribution in [0.2, 0.25) is 0 Å². The van der Waals surface area contributed by atoms with Gasteiger partial charge in [0.15, 0.2) is 0 Å².